The lowest BCUT2D eigenvalue weighted by Gasteiger charge is -2.34. The van der Waals surface area contributed by atoms with Crippen LogP contribution in [0.2, 0.25) is 0 Å². The minimum absolute atomic E-state index is 0.0867. The average molecular weight is 456 g/mol. The van der Waals surface area contributed by atoms with Crippen molar-refractivity contribution in [3.63, 3.8) is 0 Å². The number of carbonyl (C=O) groups is 2. The van der Waals surface area contributed by atoms with Gasteiger partial charge in [-0.1, -0.05) is 0 Å². The van der Waals surface area contributed by atoms with E-state index in [0.29, 0.717) is 57.8 Å². The summed E-state index contributed by atoms with van der Waals surface area (Å²) < 4.78 is 33.1. The summed E-state index contributed by atoms with van der Waals surface area (Å²) in [5, 5.41) is 1.62. The van der Waals surface area contributed by atoms with Crippen molar-refractivity contribution in [1.29, 1.82) is 0 Å². The van der Waals surface area contributed by atoms with Gasteiger partial charge in [-0.3, -0.25) is 9.59 Å². The molecule has 0 unspecified atom stereocenters. The van der Waals surface area contributed by atoms with Crippen LogP contribution in [0, 0.1) is 5.92 Å². The fourth-order valence-corrected chi connectivity index (χ4v) is 7.13. The van der Waals surface area contributed by atoms with Crippen LogP contribution in [0.3, 0.4) is 0 Å². The number of likely N-dealkylation sites (tertiary alicyclic amines) is 1. The molecule has 1 aromatic heterocycles. The van der Waals surface area contributed by atoms with E-state index in [-0.39, 0.29) is 21.9 Å². The molecule has 10 heteroatoms. The Balaban J connectivity index is 1.37. The number of ether oxygens (including phenoxy) is 1. The Kier molecular flexibility index (Phi) is 6.76. The highest BCUT2D eigenvalue weighted by Gasteiger charge is 2.35. The van der Waals surface area contributed by atoms with Crippen LogP contribution >= 0.6 is 11.3 Å². The second-order valence-corrected chi connectivity index (χ2v) is 11.2. The summed E-state index contributed by atoms with van der Waals surface area (Å²) >= 11 is 1.09. The van der Waals surface area contributed by atoms with Crippen LogP contribution in [0.4, 0.5) is 0 Å². The molecule has 3 fully saturated rings. The maximum Gasteiger partial charge on any atom is 0.254 e. The molecule has 0 N–H and O–H groups in total. The molecule has 30 heavy (non-hydrogen) atoms. The summed E-state index contributed by atoms with van der Waals surface area (Å²) in [7, 11) is -3.65. The van der Waals surface area contributed by atoms with Crippen molar-refractivity contribution in [3.05, 3.63) is 17.0 Å². The molecule has 1 aromatic rings. The van der Waals surface area contributed by atoms with E-state index in [9.17, 15) is 18.0 Å². The van der Waals surface area contributed by atoms with E-state index in [1.54, 1.807) is 10.3 Å². The third-order valence-corrected chi connectivity index (χ3v) is 9.50. The van der Waals surface area contributed by atoms with Crippen molar-refractivity contribution in [2.75, 3.05) is 52.5 Å². The fraction of sp³-hybridized carbons (Fsp3) is 0.700. The summed E-state index contributed by atoms with van der Waals surface area (Å²) in [6, 6.07) is 1.49. The van der Waals surface area contributed by atoms with Crippen molar-refractivity contribution in [3.8, 4) is 0 Å². The minimum Gasteiger partial charge on any atom is -0.378 e. The third-order valence-electron chi connectivity index (χ3n) is 6.19. The highest BCUT2D eigenvalue weighted by atomic mass is 32.2. The molecular formula is C20H29N3O5S2. The molecule has 2 amide bonds. The number of hydrogen-bond acceptors (Lipinski definition) is 6. The van der Waals surface area contributed by atoms with Crippen molar-refractivity contribution < 1.29 is 22.7 Å². The van der Waals surface area contributed by atoms with Crippen molar-refractivity contribution >= 4 is 33.2 Å². The Morgan fingerprint density at radius 3 is 2.27 bits per heavy atom. The Bertz CT molecular complexity index is 865. The summed E-state index contributed by atoms with van der Waals surface area (Å²) in [5.74, 6) is -0.0561. The van der Waals surface area contributed by atoms with Crippen LogP contribution in [-0.4, -0.2) is 86.8 Å². The molecule has 0 spiro atoms. The Labute approximate surface area is 181 Å². The lowest BCUT2D eigenvalue weighted by atomic mass is 9.95. The van der Waals surface area contributed by atoms with Gasteiger partial charge in [0.25, 0.3) is 15.9 Å². The van der Waals surface area contributed by atoms with Crippen LogP contribution in [0.5, 0.6) is 0 Å². The number of sulfonamides is 1. The second kappa shape index (κ2) is 9.33. The first-order valence-corrected chi connectivity index (χ1v) is 13.0. The molecule has 0 atom stereocenters. The van der Waals surface area contributed by atoms with Crippen molar-refractivity contribution in [2.45, 2.75) is 36.3 Å². The molecule has 3 saturated heterocycles. The van der Waals surface area contributed by atoms with E-state index >= 15 is 0 Å². The molecule has 3 aliphatic heterocycles. The number of carbonyl (C=O) groups excluding carboxylic acids is 2. The van der Waals surface area contributed by atoms with E-state index in [1.165, 1.54) is 16.8 Å². The number of piperidine rings is 2. The van der Waals surface area contributed by atoms with Gasteiger partial charge in [-0.2, -0.15) is 4.31 Å². The molecule has 4 rings (SSSR count). The topological polar surface area (TPSA) is 87.2 Å². The van der Waals surface area contributed by atoms with Gasteiger partial charge in [-0.15, -0.1) is 11.3 Å². The standard InChI is InChI=1S/C20H29N3O5S2/c24-19(21-6-2-1-3-7-21)16-4-8-23(9-5-16)30(26,27)18-14-17(15-29-18)20(25)22-10-12-28-13-11-22/h14-16H,1-13H2. The van der Waals surface area contributed by atoms with Gasteiger partial charge in [0.1, 0.15) is 4.21 Å². The SMILES string of the molecule is O=C(c1csc(S(=O)(=O)N2CCC(C(=O)N3CCCCC3)CC2)c1)N1CCOCC1. The normalized spacial score (nSPS) is 22.3. The summed E-state index contributed by atoms with van der Waals surface area (Å²) in [4.78, 5) is 29.0. The monoisotopic (exact) mass is 455 g/mol. The summed E-state index contributed by atoms with van der Waals surface area (Å²) in [6.07, 6.45) is 4.40. The molecular weight excluding hydrogens is 426 g/mol. The smallest absolute Gasteiger partial charge is 0.254 e. The number of nitrogens with zero attached hydrogens (tertiary/aromatic N) is 3. The summed E-state index contributed by atoms with van der Waals surface area (Å²) in [6.45, 7) is 4.40. The van der Waals surface area contributed by atoms with Gasteiger partial charge in [-0.05, 0) is 38.2 Å². The van der Waals surface area contributed by atoms with E-state index in [1.807, 2.05) is 4.90 Å². The number of hydrogen-bond donors (Lipinski definition) is 0. The van der Waals surface area contributed by atoms with Crippen LogP contribution < -0.4 is 0 Å². The van der Waals surface area contributed by atoms with Gasteiger partial charge in [0.15, 0.2) is 0 Å². The highest BCUT2D eigenvalue weighted by Crippen LogP contribution is 2.29. The van der Waals surface area contributed by atoms with E-state index in [2.05, 4.69) is 0 Å². The first kappa shape index (κ1) is 21.7. The quantitative estimate of drug-likeness (QED) is 0.689. The molecule has 0 bridgehead atoms. The van der Waals surface area contributed by atoms with Crippen molar-refractivity contribution in [1.82, 2.24) is 14.1 Å². The van der Waals surface area contributed by atoms with Crippen LogP contribution in [-0.2, 0) is 19.6 Å². The molecule has 3 aliphatic rings. The molecule has 0 radical (unpaired) electrons. The van der Waals surface area contributed by atoms with Gasteiger partial charge >= 0.3 is 0 Å². The van der Waals surface area contributed by atoms with Gasteiger partial charge < -0.3 is 14.5 Å². The third kappa shape index (κ3) is 4.56. The van der Waals surface area contributed by atoms with Crippen LogP contribution in [0.25, 0.3) is 0 Å². The largest absolute Gasteiger partial charge is 0.378 e. The van der Waals surface area contributed by atoms with E-state index in [0.717, 1.165) is 37.3 Å². The van der Waals surface area contributed by atoms with Gasteiger partial charge in [0.05, 0.1) is 18.8 Å². The van der Waals surface area contributed by atoms with Gasteiger partial charge in [0, 0.05) is 50.6 Å². The van der Waals surface area contributed by atoms with Crippen LogP contribution in [0.1, 0.15) is 42.5 Å². The molecule has 166 valence electrons. The fourth-order valence-electron chi connectivity index (χ4n) is 4.36. The predicted molar refractivity (Wildman–Crippen MR) is 113 cm³/mol. The zero-order valence-corrected chi connectivity index (χ0v) is 18.8. The van der Waals surface area contributed by atoms with Crippen LogP contribution in [0.15, 0.2) is 15.7 Å². The van der Waals surface area contributed by atoms with Gasteiger partial charge in [0.2, 0.25) is 5.91 Å². The zero-order chi connectivity index (χ0) is 21.1. The Hall–Kier alpha value is -1.49. The molecule has 4 heterocycles. The summed E-state index contributed by atoms with van der Waals surface area (Å²) in [5.41, 5.74) is 0.413. The molecule has 8 nitrogen and oxygen atoms in total. The first-order chi connectivity index (χ1) is 14.5. The number of morpholine rings is 1. The molecule has 0 aliphatic carbocycles. The Morgan fingerprint density at radius 1 is 0.933 bits per heavy atom. The maximum absolute atomic E-state index is 13.1. The molecule has 0 aromatic carbocycles. The van der Waals surface area contributed by atoms with Gasteiger partial charge in [-0.25, -0.2) is 8.42 Å². The lowest BCUT2D eigenvalue weighted by molar-refractivity contribution is -0.137. The minimum atomic E-state index is -3.65. The predicted octanol–water partition coefficient (Wildman–Crippen LogP) is 1.63. The van der Waals surface area contributed by atoms with E-state index in [4.69, 9.17) is 4.74 Å². The molecule has 0 saturated carbocycles. The highest BCUT2D eigenvalue weighted by molar-refractivity contribution is 7.91. The average Bonchev–Trinajstić information content (AvgIpc) is 3.30. The Morgan fingerprint density at radius 2 is 1.60 bits per heavy atom. The number of rotatable bonds is 4. The second-order valence-electron chi connectivity index (χ2n) is 8.12. The first-order valence-electron chi connectivity index (χ1n) is 10.7. The van der Waals surface area contributed by atoms with E-state index < -0.39 is 10.0 Å². The lowest BCUT2D eigenvalue weighted by Crippen LogP contribution is -2.45. The van der Waals surface area contributed by atoms with Crippen molar-refractivity contribution in [2.24, 2.45) is 5.92 Å². The number of amides is 2. The number of thiophene rings is 1. The zero-order valence-electron chi connectivity index (χ0n) is 17.1. The maximum atomic E-state index is 13.1.